The summed E-state index contributed by atoms with van der Waals surface area (Å²) in [5.74, 6) is 0.291. The Morgan fingerprint density at radius 1 is 1.30 bits per heavy atom. The van der Waals surface area contributed by atoms with Crippen LogP contribution >= 0.6 is 0 Å². The molecular weight excluding hydrogens is 260 g/mol. The van der Waals surface area contributed by atoms with Gasteiger partial charge < -0.3 is 19.3 Å². The fourth-order valence-electron chi connectivity index (χ4n) is 2.01. The van der Waals surface area contributed by atoms with Gasteiger partial charge in [0, 0.05) is 25.6 Å². The molecule has 0 aromatic heterocycles. The quantitative estimate of drug-likeness (QED) is 0.740. The summed E-state index contributed by atoms with van der Waals surface area (Å²) in [6, 6.07) is 6.41. The van der Waals surface area contributed by atoms with Crippen LogP contribution in [0, 0.1) is 5.92 Å². The molecule has 5 heteroatoms. The highest BCUT2D eigenvalue weighted by atomic mass is 16.5. The lowest BCUT2D eigenvalue weighted by molar-refractivity contribution is 0.0697. The van der Waals surface area contributed by atoms with Gasteiger partial charge in [0.05, 0.1) is 25.4 Å². The van der Waals surface area contributed by atoms with Crippen LogP contribution in [0.25, 0.3) is 0 Å². The molecule has 1 heterocycles. The molecule has 0 bridgehead atoms. The van der Waals surface area contributed by atoms with E-state index in [0.717, 1.165) is 32.7 Å². The van der Waals surface area contributed by atoms with Gasteiger partial charge in [0.1, 0.15) is 5.75 Å². The maximum Gasteiger partial charge on any atom is 0.335 e. The van der Waals surface area contributed by atoms with E-state index >= 15 is 0 Å². The molecule has 0 amide bonds. The van der Waals surface area contributed by atoms with Crippen molar-refractivity contribution in [3.63, 3.8) is 0 Å². The van der Waals surface area contributed by atoms with Gasteiger partial charge >= 0.3 is 5.97 Å². The van der Waals surface area contributed by atoms with E-state index in [-0.39, 0.29) is 5.56 Å². The monoisotopic (exact) mass is 280 g/mol. The van der Waals surface area contributed by atoms with Crippen molar-refractivity contribution in [1.82, 2.24) is 0 Å². The number of carboxylic acids is 1. The predicted molar refractivity (Wildman–Crippen MR) is 73.3 cm³/mol. The van der Waals surface area contributed by atoms with E-state index in [2.05, 4.69) is 0 Å². The van der Waals surface area contributed by atoms with Gasteiger partial charge in [0.2, 0.25) is 0 Å². The maximum absolute atomic E-state index is 10.7. The van der Waals surface area contributed by atoms with Crippen molar-refractivity contribution >= 4 is 5.97 Å². The lowest BCUT2D eigenvalue weighted by Gasteiger charge is -2.09. The second-order valence-corrected chi connectivity index (χ2v) is 4.84. The summed E-state index contributed by atoms with van der Waals surface area (Å²) in [4.78, 5) is 10.7. The minimum absolute atomic E-state index is 0.263. The van der Waals surface area contributed by atoms with Gasteiger partial charge in [0.25, 0.3) is 0 Å². The van der Waals surface area contributed by atoms with Gasteiger partial charge in [-0.3, -0.25) is 0 Å². The molecule has 1 aromatic rings. The number of hydrogen-bond acceptors (Lipinski definition) is 4. The van der Waals surface area contributed by atoms with Crippen LogP contribution in [0.3, 0.4) is 0 Å². The number of hydrogen-bond donors (Lipinski definition) is 1. The molecule has 1 aromatic carbocycles. The van der Waals surface area contributed by atoms with Crippen LogP contribution < -0.4 is 4.74 Å². The topological polar surface area (TPSA) is 65.0 Å². The number of rotatable bonds is 8. The van der Waals surface area contributed by atoms with E-state index in [0.29, 0.717) is 24.9 Å². The van der Waals surface area contributed by atoms with Crippen molar-refractivity contribution in [2.24, 2.45) is 5.92 Å². The highest BCUT2D eigenvalue weighted by molar-refractivity contribution is 5.87. The van der Waals surface area contributed by atoms with Crippen LogP contribution in [-0.2, 0) is 9.47 Å². The summed E-state index contributed by atoms with van der Waals surface area (Å²) in [5.41, 5.74) is 0.263. The van der Waals surface area contributed by atoms with E-state index in [9.17, 15) is 4.79 Å². The second-order valence-electron chi connectivity index (χ2n) is 4.84. The highest BCUT2D eigenvalue weighted by Crippen LogP contribution is 2.13. The van der Waals surface area contributed by atoms with Crippen molar-refractivity contribution in [2.45, 2.75) is 12.8 Å². The minimum atomic E-state index is -0.930. The molecule has 1 N–H and O–H groups in total. The third kappa shape index (κ3) is 4.83. The zero-order chi connectivity index (χ0) is 14.2. The lowest BCUT2D eigenvalue weighted by Crippen LogP contribution is -2.11. The summed E-state index contributed by atoms with van der Waals surface area (Å²) in [5, 5.41) is 8.77. The molecule has 0 aliphatic carbocycles. The predicted octanol–water partition coefficient (Wildman–Crippen LogP) is 2.21. The standard InChI is InChI=1S/C15H20O5/c16-15(17)13-2-4-14(5-3-13)20-8-1-7-18-10-12-6-9-19-11-12/h2-5,12H,1,6-11H2,(H,16,17). The first-order valence-electron chi connectivity index (χ1n) is 6.87. The largest absolute Gasteiger partial charge is 0.494 e. The molecular formula is C15H20O5. The van der Waals surface area contributed by atoms with E-state index in [1.54, 1.807) is 12.1 Å². The van der Waals surface area contributed by atoms with Gasteiger partial charge in [-0.2, -0.15) is 0 Å². The number of carboxylic acid groups (broad SMARTS) is 1. The molecule has 0 radical (unpaired) electrons. The molecule has 1 saturated heterocycles. The van der Waals surface area contributed by atoms with Crippen molar-refractivity contribution in [2.75, 3.05) is 33.0 Å². The fourth-order valence-corrected chi connectivity index (χ4v) is 2.01. The average molecular weight is 280 g/mol. The molecule has 0 spiro atoms. The molecule has 20 heavy (non-hydrogen) atoms. The van der Waals surface area contributed by atoms with Crippen LogP contribution in [0.4, 0.5) is 0 Å². The number of carbonyl (C=O) groups is 1. The number of benzene rings is 1. The molecule has 1 atom stereocenters. The first-order valence-corrected chi connectivity index (χ1v) is 6.87. The molecule has 1 unspecified atom stereocenters. The van der Waals surface area contributed by atoms with Crippen LogP contribution in [0.1, 0.15) is 23.2 Å². The molecule has 5 nitrogen and oxygen atoms in total. The second kappa shape index (κ2) is 7.87. The Hall–Kier alpha value is -1.59. The average Bonchev–Trinajstić information content (AvgIpc) is 2.96. The Balaban J connectivity index is 1.55. The summed E-state index contributed by atoms with van der Waals surface area (Å²) in [6.45, 7) is 3.65. The fraction of sp³-hybridized carbons (Fsp3) is 0.533. The smallest absolute Gasteiger partial charge is 0.335 e. The Kier molecular flexibility index (Phi) is 5.83. The maximum atomic E-state index is 10.7. The van der Waals surface area contributed by atoms with Crippen LogP contribution in [0.5, 0.6) is 5.75 Å². The van der Waals surface area contributed by atoms with E-state index < -0.39 is 5.97 Å². The van der Waals surface area contributed by atoms with Crippen LogP contribution in [-0.4, -0.2) is 44.1 Å². The molecule has 0 saturated carbocycles. The van der Waals surface area contributed by atoms with Gasteiger partial charge in [-0.1, -0.05) is 0 Å². The highest BCUT2D eigenvalue weighted by Gasteiger charge is 2.15. The molecule has 1 aliphatic rings. The Morgan fingerprint density at radius 2 is 2.10 bits per heavy atom. The summed E-state index contributed by atoms with van der Waals surface area (Å²) in [6.07, 6.45) is 1.90. The first-order chi connectivity index (χ1) is 9.75. The zero-order valence-electron chi connectivity index (χ0n) is 11.4. The molecule has 110 valence electrons. The number of aromatic carboxylic acids is 1. The Bertz CT molecular complexity index is 409. The zero-order valence-corrected chi connectivity index (χ0v) is 11.4. The third-order valence-electron chi connectivity index (χ3n) is 3.18. The summed E-state index contributed by atoms with van der Waals surface area (Å²) < 4.78 is 16.4. The molecule has 2 rings (SSSR count). The summed E-state index contributed by atoms with van der Waals surface area (Å²) in [7, 11) is 0. The van der Waals surface area contributed by atoms with E-state index in [1.165, 1.54) is 12.1 Å². The van der Waals surface area contributed by atoms with Crippen LogP contribution in [0.15, 0.2) is 24.3 Å². The van der Waals surface area contributed by atoms with Crippen molar-refractivity contribution in [3.05, 3.63) is 29.8 Å². The van der Waals surface area contributed by atoms with Gasteiger partial charge in [-0.25, -0.2) is 4.79 Å². The van der Waals surface area contributed by atoms with E-state index in [1.807, 2.05) is 0 Å². The number of ether oxygens (including phenoxy) is 3. The SMILES string of the molecule is O=C(O)c1ccc(OCCCOCC2CCOC2)cc1. The summed E-state index contributed by atoms with van der Waals surface area (Å²) >= 11 is 0. The molecule has 1 aliphatic heterocycles. The normalized spacial score (nSPS) is 18.1. The first kappa shape index (κ1) is 14.8. The Morgan fingerprint density at radius 3 is 2.75 bits per heavy atom. The molecule has 1 fully saturated rings. The van der Waals surface area contributed by atoms with Crippen molar-refractivity contribution < 1.29 is 24.1 Å². The van der Waals surface area contributed by atoms with Gasteiger partial charge in [-0.15, -0.1) is 0 Å². The van der Waals surface area contributed by atoms with E-state index in [4.69, 9.17) is 19.3 Å². The third-order valence-corrected chi connectivity index (χ3v) is 3.18. The Labute approximate surface area is 118 Å². The van der Waals surface area contributed by atoms with Gasteiger partial charge in [-0.05, 0) is 30.7 Å². The van der Waals surface area contributed by atoms with Gasteiger partial charge in [0.15, 0.2) is 0 Å². The van der Waals surface area contributed by atoms with Crippen molar-refractivity contribution in [3.8, 4) is 5.75 Å². The minimum Gasteiger partial charge on any atom is -0.494 e. The van der Waals surface area contributed by atoms with Crippen LogP contribution in [0.2, 0.25) is 0 Å². The lowest BCUT2D eigenvalue weighted by atomic mass is 10.1. The van der Waals surface area contributed by atoms with Crippen molar-refractivity contribution in [1.29, 1.82) is 0 Å².